The first-order valence-electron chi connectivity index (χ1n) is 12.0. The van der Waals surface area contributed by atoms with Crippen molar-refractivity contribution >= 4 is 5.71 Å². The lowest BCUT2D eigenvalue weighted by molar-refractivity contribution is -0.0608. The highest BCUT2D eigenvalue weighted by Crippen LogP contribution is 2.29. The van der Waals surface area contributed by atoms with Gasteiger partial charge in [-0.1, -0.05) is 60.8 Å². The predicted molar refractivity (Wildman–Crippen MR) is 135 cm³/mol. The van der Waals surface area contributed by atoms with Crippen molar-refractivity contribution in [1.29, 1.82) is 0 Å². The molecule has 0 spiro atoms. The average Bonchev–Trinajstić information content (AvgIpc) is 2.80. The van der Waals surface area contributed by atoms with Crippen LogP contribution in [0.1, 0.15) is 61.3 Å². The molecule has 0 heterocycles. The largest absolute Gasteiger partial charge is 0.493 e. The third-order valence-corrected chi connectivity index (χ3v) is 5.55. The van der Waals surface area contributed by atoms with Crippen molar-refractivity contribution in [2.75, 3.05) is 20.3 Å². The summed E-state index contributed by atoms with van der Waals surface area (Å²) >= 11 is 0. The van der Waals surface area contributed by atoms with Crippen LogP contribution in [0.2, 0.25) is 0 Å². The number of unbranched alkanes of at least 4 members (excludes halogenated alkanes) is 4. The van der Waals surface area contributed by atoms with Crippen LogP contribution in [-0.2, 0) is 11.3 Å². The maximum Gasteiger partial charge on any atom is 0.437 e. The van der Waals surface area contributed by atoms with Crippen LogP contribution in [0, 0.1) is 13.8 Å². The van der Waals surface area contributed by atoms with Crippen molar-refractivity contribution in [3.8, 4) is 11.5 Å². The Hall–Kier alpha value is -2.96. The molecule has 0 radical (unpaired) electrons. The van der Waals surface area contributed by atoms with Gasteiger partial charge in [-0.15, -0.1) is 0 Å². The van der Waals surface area contributed by atoms with Crippen LogP contribution < -0.4 is 9.47 Å². The van der Waals surface area contributed by atoms with Gasteiger partial charge < -0.3 is 14.3 Å². The molecule has 0 saturated heterocycles. The van der Waals surface area contributed by atoms with E-state index in [1.54, 1.807) is 12.1 Å². The van der Waals surface area contributed by atoms with Crippen LogP contribution in [0.3, 0.4) is 0 Å². The van der Waals surface area contributed by atoms with Gasteiger partial charge in [0, 0.05) is 5.56 Å². The molecule has 0 unspecified atom stereocenters. The number of rotatable bonds is 14. The Morgan fingerprint density at radius 1 is 0.914 bits per heavy atom. The van der Waals surface area contributed by atoms with E-state index in [1.165, 1.54) is 12.1 Å². The van der Waals surface area contributed by atoms with E-state index in [2.05, 4.69) is 9.99 Å². The van der Waals surface area contributed by atoms with Crippen molar-refractivity contribution in [2.45, 2.75) is 65.5 Å². The second-order valence-corrected chi connectivity index (χ2v) is 8.45. The maximum absolute atomic E-state index is 13.0. The number of benzene rings is 2. The van der Waals surface area contributed by atoms with Crippen LogP contribution in [0.5, 0.6) is 11.5 Å². The van der Waals surface area contributed by atoms with E-state index in [-0.39, 0.29) is 5.56 Å². The zero-order valence-electron chi connectivity index (χ0n) is 21.1. The summed E-state index contributed by atoms with van der Waals surface area (Å²) in [5.41, 5.74) is 2.14. The van der Waals surface area contributed by atoms with Gasteiger partial charge in [-0.3, -0.25) is 0 Å². The molecule has 192 valence electrons. The normalized spacial score (nSPS) is 12.3. The number of halogens is 3. The molecule has 35 heavy (non-hydrogen) atoms. The van der Waals surface area contributed by atoms with E-state index >= 15 is 0 Å². The van der Waals surface area contributed by atoms with Crippen molar-refractivity contribution in [3.63, 3.8) is 0 Å². The number of ether oxygens (including phenoxy) is 2. The molecule has 0 N–H and O–H groups in total. The molecule has 0 aliphatic carbocycles. The molecule has 0 atom stereocenters. The van der Waals surface area contributed by atoms with Gasteiger partial charge in [-0.2, -0.15) is 13.2 Å². The van der Waals surface area contributed by atoms with Gasteiger partial charge in [0.2, 0.25) is 0 Å². The Bertz CT molecular complexity index is 943. The van der Waals surface area contributed by atoms with Crippen molar-refractivity contribution in [3.05, 3.63) is 70.8 Å². The van der Waals surface area contributed by atoms with Gasteiger partial charge in [0.05, 0.1) is 6.61 Å². The molecule has 0 aliphatic rings. The number of hydrogen-bond acceptors (Lipinski definition) is 4. The smallest absolute Gasteiger partial charge is 0.437 e. The first kappa shape index (κ1) is 28.3. The number of hydrogen-bond donors (Lipinski definition) is 0. The van der Waals surface area contributed by atoms with Gasteiger partial charge in [-0.05, 0) is 68.9 Å². The van der Waals surface area contributed by atoms with E-state index in [1.807, 2.05) is 45.1 Å². The number of allylic oxidation sites excluding steroid dienone is 1. The summed E-state index contributed by atoms with van der Waals surface area (Å²) < 4.78 is 50.9. The van der Waals surface area contributed by atoms with Gasteiger partial charge in [-0.25, -0.2) is 0 Å². The first-order chi connectivity index (χ1) is 16.8. The molecular weight excluding hydrogens is 455 g/mol. The predicted octanol–water partition coefficient (Wildman–Crippen LogP) is 7.74. The second kappa shape index (κ2) is 14.4. The Balaban J connectivity index is 1.67. The third-order valence-electron chi connectivity index (χ3n) is 5.55. The number of oxime groups is 1. The van der Waals surface area contributed by atoms with Gasteiger partial charge >= 0.3 is 6.18 Å². The molecule has 0 saturated carbocycles. The summed E-state index contributed by atoms with van der Waals surface area (Å²) in [6.07, 6.45) is 5.42. The highest BCUT2D eigenvalue weighted by molar-refractivity contribution is 6.04. The zero-order chi connectivity index (χ0) is 25.7. The van der Waals surface area contributed by atoms with Gasteiger partial charge in [0.1, 0.15) is 25.2 Å². The van der Waals surface area contributed by atoms with Crippen molar-refractivity contribution in [2.24, 2.45) is 5.16 Å². The lowest BCUT2D eigenvalue weighted by Gasteiger charge is -2.14. The summed E-state index contributed by atoms with van der Waals surface area (Å²) in [7, 11) is 1.11. The second-order valence-electron chi connectivity index (χ2n) is 8.45. The quantitative estimate of drug-likeness (QED) is 0.117. The van der Waals surface area contributed by atoms with E-state index < -0.39 is 11.9 Å². The Morgan fingerprint density at radius 3 is 2.14 bits per heavy atom. The monoisotopic (exact) mass is 491 g/mol. The Kier molecular flexibility index (Phi) is 11.7. The van der Waals surface area contributed by atoms with Crippen LogP contribution in [0.25, 0.3) is 0 Å². The highest BCUT2D eigenvalue weighted by Gasteiger charge is 2.37. The zero-order valence-corrected chi connectivity index (χ0v) is 21.1. The molecule has 7 heteroatoms. The molecule has 2 aromatic rings. The molecule has 4 nitrogen and oxygen atoms in total. The van der Waals surface area contributed by atoms with E-state index in [4.69, 9.17) is 9.47 Å². The highest BCUT2D eigenvalue weighted by atomic mass is 19.4. The summed E-state index contributed by atoms with van der Waals surface area (Å²) in [5, 5.41) is 3.13. The van der Waals surface area contributed by atoms with Crippen LogP contribution in [0.4, 0.5) is 13.2 Å². The molecule has 0 aromatic heterocycles. The van der Waals surface area contributed by atoms with Crippen LogP contribution >= 0.6 is 0 Å². The summed E-state index contributed by atoms with van der Waals surface area (Å²) in [4.78, 5) is 4.34. The van der Waals surface area contributed by atoms with Crippen LogP contribution in [0.15, 0.2) is 53.7 Å². The molecule has 0 fully saturated rings. The van der Waals surface area contributed by atoms with E-state index in [0.717, 1.165) is 73.8 Å². The standard InChI is InChI=1S/C28H36F3NO3/c1-5-6-17-34-25-19-21(2)26(22(3)20-25)35-18-11-9-7-8-10-12-23-13-15-24(16-14-23)27(32-33-4)28(29,30)31/h5-6,13-16,19-20H,7-12,17-18H2,1-4H3/b6-5+,32-27-. The van der Waals surface area contributed by atoms with E-state index in [9.17, 15) is 13.2 Å². The van der Waals surface area contributed by atoms with Crippen molar-refractivity contribution < 1.29 is 27.5 Å². The topological polar surface area (TPSA) is 40.0 Å². The number of nitrogens with zero attached hydrogens (tertiary/aromatic N) is 1. The van der Waals surface area contributed by atoms with Crippen molar-refractivity contribution in [1.82, 2.24) is 0 Å². The summed E-state index contributed by atoms with van der Waals surface area (Å²) in [6.45, 7) is 7.27. The SMILES string of the molecule is C/C=C/COc1cc(C)c(OCCCCCCCc2ccc(/C(=N/OC)C(F)(F)F)cc2)c(C)c1. The first-order valence-corrected chi connectivity index (χ1v) is 12.0. The fourth-order valence-corrected chi connectivity index (χ4v) is 3.79. The molecule has 2 rings (SSSR count). The molecule has 0 bridgehead atoms. The minimum absolute atomic E-state index is 0.00406. The molecule has 0 aliphatic heterocycles. The Labute approximate surface area is 206 Å². The molecule has 0 amide bonds. The van der Waals surface area contributed by atoms with E-state index in [0.29, 0.717) is 13.2 Å². The Morgan fingerprint density at radius 2 is 1.54 bits per heavy atom. The molecule has 2 aromatic carbocycles. The lowest BCUT2D eigenvalue weighted by Crippen LogP contribution is -2.24. The maximum atomic E-state index is 13.0. The number of aryl methyl sites for hydroxylation is 3. The molecular formula is C28H36F3NO3. The fraction of sp³-hybridized carbons (Fsp3) is 0.464. The summed E-state index contributed by atoms with van der Waals surface area (Å²) in [6, 6.07) is 10.4. The summed E-state index contributed by atoms with van der Waals surface area (Å²) in [5.74, 6) is 1.78. The van der Waals surface area contributed by atoms with Crippen LogP contribution in [-0.4, -0.2) is 32.2 Å². The fourth-order valence-electron chi connectivity index (χ4n) is 3.79. The number of alkyl halides is 3. The minimum Gasteiger partial charge on any atom is -0.493 e. The minimum atomic E-state index is -4.55. The van der Waals surface area contributed by atoms with Gasteiger partial charge in [0.25, 0.3) is 0 Å². The average molecular weight is 492 g/mol. The lowest BCUT2D eigenvalue weighted by atomic mass is 10.0. The van der Waals surface area contributed by atoms with Gasteiger partial charge in [0.15, 0.2) is 5.71 Å². The third kappa shape index (κ3) is 9.67.